The van der Waals surface area contributed by atoms with Crippen LogP contribution in [0.3, 0.4) is 0 Å². The molecule has 21 heavy (non-hydrogen) atoms. The smallest absolute Gasteiger partial charge is 0.291 e. The molecule has 1 atom stereocenters. The van der Waals surface area contributed by atoms with Gasteiger partial charge < -0.3 is 15.1 Å². The first-order valence-corrected chi connectivity index (χ1v) is 6.54. The predicted octanol–water partition coefficient (Wildman–Crippen LogP) is 2.49. The summed E-state index contributed by atoms with van der Waals surface area (Å²) in [5.74, 6) is 0.530. The first-order valence-electron chi connectivity index (χ1n) is 6.54. The monoisotopic (exact) mass is 309 g/mol. The normalized spacial score (nSPS) is 11.6. The van der Waals surface area contributed by atoms with E-state index in [2.05, 4.69) is 4.98 Å². The summed E-state index contributed by atoms with van der Waals surface area (Å²) in [6.07, 6.45) is 0. The lowest BCUT2D eigenvalue weighted by molar-refractivity contribution is 0.0716. The average molecular weight is 310 g/mol. The summed E-state index contributed by atoms with van der Waals surface area (Å²) < 4.78 is 5.63. The van der Waals surface area contributed by atoms with Crippen LogP contribution in [-0.4, -0.2) is 35.4 Å². The zero-order valence-corrected chi connectivity index (χ0v) is 13.2. The van der Waals surface area contributed by atoms with E-state index in [1.807, 2.05) is 37.3 Å². The third-order valence-corrected chi connectivity index (χ3v) is 3.33. The topological polar surface area (TPSA) is 72.4 Å². The highest BCUT2D eigenvalue weighted by atomic mass is 35.5. The van der Waals surface area contributed by atoms with Crippen LogP contribution in [0.1, 0.15) is 23.2 Å². The van der Waals surface area contributed by atoms with Crippen molar-refractivity contribution in [2.45, 2.75) is 19.9 Å². The maximum Gasteiger partial charge on any atom is 0.291 e. The second kappa shape index (κ2) is 7.24. The van der Waals surface area contributed by atoms with Gasteiger partial charge in [-0.05, 0) is 26.0 Å². The van der Waals surface area contributed by atoms with Gasteiger partial charge in [0.2, 0.25) is 11.7 Å². The van der Waals surface area contributed by atoms with Crippen LogP contribution in [-0.2, 0) is 0 Å². The minimum absolute atomic E-state index is 0. The van der Waals surface area contributed by atoms with Crippen LogP contribution in [0.15, 0.2) is 34.7 Å². The Morgan fingerprint density at radius 1 is 1.38 bits per heavy atom. The number of aromatic nitrogens is 1. The molecule has 0 saturated heterocycles. The summed E-state index contributed by atoms with van der Waals surface area (Å²) >= 11 is 0. The molecule has 2 rings (SSSR count). The van der Waals surface area contributed by atoms with Gasteiger partial charge in [-0.3, -0.25) is 4.79 Å². The van der Waals surface area contributed by atoms with Crippen molar-refractivity contribution in [3.8, 4) is 11.5 Å². The van der Waals surface area contributed by atoms with Crippen molar-refractivity contribution in [1.82, 2.24) is 9.88 Å². The van der Waals surface area contributed by atoms with Crippen molar-refractivity contribution >= 4 is 18.3 Å². The minimum Gasteiger partial charge on any atom is -0.431 e. The van der Waals surface area contributed by atoms with Gasteiger partial charge in [-0.25, -0.2) is 4.98 Å². The number of hydrogen-bond donors (Lipinski definition) is 1. The number of halogens is 1. The summed E-state index contributed by atoms with van der Waals surface area (Å²) in [4.78, 5) is 18.2. The van der Waals surface area contributed by atoms with E-state index in [1.54, 1.807) is 18.9 Å². The quantitative estimate of drug-likeness (QED) is 0.941. The molecule has 6 heteroatoms. The molecule has 1 aromatic heterocycles. The summed E-state index contributed by atoms with van der Waals surface area (Å²) in [5.41, 5.74) is 7.02. The Bertz CT molecular complexity index is 598. The first kappa shape index (κ1) is 17.2. The third kappa shape index (κ3) is 3.62. The van der Waals surface area contributed by atoms with Crippen LogP contribution in [0.5, 0.6) is 0 Å². The van der Waals surface area contributed by atoms with E-state index >= 15 is 0 Å². The number of hydrogen-bond acceptors (Lipinski definition) is 4. The fourth-order valence-corrected chi connectivity index (χ4v) is 1.82. The molecule has 0 bridgehead atoms. The van der Waals surface area contributed by atoms with Crippen LogP contribution in [0.2, 0.25) is 0 Å². The van der Waals surface area contributed by atoms with Crippen LogP contribution in [0.25, 0.3) is 11.5 Å². The van der Waals surface area contributed by atoms with Gasteiger partial charge >= 0.3 is 0 Å². The van der Waals surface area contributed by atoms with Gasteiger partial charge in [0, 0.05) is 25.2 Å². The Balaban J connectivity index is 0.00000220. The molecular weight excluding hydrogens is 290 g/mol. The summed E-state index contributed by atoms with van der Waals surface area (Å²) in [5, 5.41) is 0. The maximum absolute atomic E-state index is 12.3. The zero-order valence-electron chi connectivity index (χ0n) is 12.4. The average Bonchev–Trinajstić information content (AvgIpc) is 2.87. The van der Waals surface area contributed by atoms with Crippen molar-refractivity contribution in [3.63, 3.8) is 0 Å². The van der Waals surface area contributed by atoms with E-state index < -0.39 is 0 Å². The van der Waals surface area contributed by atoms with Crippen molar-refractivity contribution < 1.29 is 9.21 Å². The lowest BCUT2D eigenvalue weighted by Gasteiger charge is -2.22. The van der Waals surface area contributed by atoms with Crippen LogP contribution in [0, 0.1) is 6.92 Å². The Morgan fingerprint density at radius 3 is 2.57 bits per heavy atom. The van der Waals surface area contributed by atoms with Crippen molar-refractivity contribution in [3.05, 3.63) is 41.8 Å². The molecule has 5 nitrogen and oxygen atoms in total. The van der Waals surface area contributed by atoms with Gasteiger partial charge in [-0.1, -0.05) is 18.2 Å². The van der Waals surface area contributed by atoms with E-state index in [9.17, 15) is 4.79 Å². The molecule has 0 fully saturated rings. The second-order valence-electron chi connectivity index (χ2n) is 4.80. The largest absolute Gasteiger partial charge is 0.431 e. The molecule has 2 N–H and O–H groups in total. The molecule has 0 spiro atoms. The van der Waals surface area contributed by atoms with Crippen molar-refractivity contribution in [1.29, 1.82) is 0 Å². The highest BCUT2D eigenvalue weighted by Crippen LogP contribution is 2.22. The molecule has 0 aliphatic rings. The summed E-state index contributed by atoms with van der Waals surface area (Å²) in [6, 6.07) is 9.46. The van der Waals surface area contributed by atoms with Gasteiger partial charge in [0.05, 0.1) is 5.69 Å². The van der Waals surface area contributed by atoms with E-state index in [4.69, 9.17) is 10.2 Å². The zero-order chi connectivity index (χ0) is 14.7. The molecule has 1 aromatic carbocycles. The number of nitrogens with zero attached hydrogens (tertiary/aromatic N) is 2. The van der Waals surface area contributed by atoms with E-state index in [1.165, 1.54) is 0 Å². The molecule has 0 radical (unpaired) electrons. The second-order valence-corrected chi connectivity index (χ2v) is 4.80. The lowest BCUT2D eigenvalue weighted by atomic mass is 10.2. The predicted molar refractivity (Wildman–Crippen MR) is 84.5 cm³/mol. The standard InChI is InChI=1S/C15H19N3O2.ClH/c1-10(9-16)18(3)15(19)13-11(2)17-14(20-13)12-7-5-4-6-8-12;/h4-8,10H,9,16H2,1-3H3;1H. The number of carbonyl (C=O) groups is 1. The number of nitrogens with two attached hydrogens (primary N) is 1. The molecular formula is C15H20ClN3O2. The van der Waals surface area contributed by atoms with E-state index in [-0.39, 0.29) is 30.1 Å². The third-order valence-electron chi connectivity index (χ3n) is 3.33. The Hall–Kier alpha value is -1.85. The van der Waals surface area contributed by atoms with Gasteiger partial charge in [-0.15, -0.1) is 12.4 Å². The Labute approximate surface area is 130 Å². The van der Waals surface area contributed by atoms with Crippen molar-refractivity contribution in [2.24, 2.45) is 5.73 Å². The Kier molecular flexibility index (Phi) is 5.93. The van der Waals surface area contributed by atoms with Crippen LogP contribution >= 0.6 is 12.4 Å². The number of likely N-dealkylation sites (N-methyl/N-ethyl adjacent to an activating group) is 1. The summed E-state index contributed by atoms with van der Waals surface area (Å²) in [7, 11) is 1.71. The lowest BCUT2D eigenvalue weighted by Crippen LogP contribution is -2.39. The summed E-state index contributed by atoms with van der Waals surface area (Å²) in [6.45, 7) is 4.06. The molecule has 0 saturated carbocycles. The molecule has 1 heterocycles. The fourth-order valence-electron chi connectivity index (χ4n) is 1.82. The van der Waals surface area contributed by atoms with Gasteiger partial charge in [0.15, 0.2) is 0 Å². The SMILES string of the molecule is Cc1nc(-c2ccccc2)oc1C(=O)N(C)C(C)CN.Cl. The number of amides is 1. The number of benzene rings is 1. The molecule has 2 aromatic rings. The fraction of sp³-hybridized carbons (Fsp3) is 0.333. The van der Waals surface area contributed by atoms with Gasteiger partial charge in [-0.2, -0.15) is 0 Å². The van der Waals surface area contributed by atoms with Crippen LogP contribution in [0.4, 0.5) is 0 Å². The number of carbonyl (C=O) groups excluding carboxylic acids is 1. The molecule has 1 unspecified atom stereocenters. The van der Waals surface area contributed by atoms with E-state index in [0.717, 1.165) is 5.56 Å². The molecule has 0 aliphatic heterocycles. The Morgan fingerprint density at radius 2 is 2.00 bits per heavy atom. The van der Waals surface area contributed by atoms with Crippen molar-refractivity contribution in [2.75, 3.05) is 13.6 Å². The highest BCUT2D eigenvalue weighted by Gasteiger charge is 2.23. The molecule has 0 aliphatic carbocycles. The highest BCUT2D eigenvalue weighted by molar-refractivity contribution is 5.92. The van der Waals surface area contributed by atoms with Gasteiger partial charge in [0.1, 0.15) is 0 Å². The number of aryl methyl sites for hydroxylation is 1. The molecule has 114 valence electrons. The van der Waals surface area contributed by atoms with Gasteiger partial charge in [0.25, 0.3) is 5.91 Å². The van der Waals surface area contributed by atoms with Crippen LogP contribution < -0.4 is 5.73 Å². The molecule has 1 amide bonds. The number of rotatable bonds is 4. The minimum atomic E-state index is -0.199. The van der Waals surface area contributed by atoms with E-state index in [0.29, 0.717) is 18.1 Å². The first-order chi connectivity index (χ1) is 9.54. The maximum atomic E-state index is 12.3. The number of oxazole rings is 1.